The van der Waals surface area contributed by atoms with Crippen LogP contribution < -0.4 is 0 Å². The fraction of sp³-hybridized carbons (Fsp3) is 0.565. The first-order chi connectivity index (χ1) is 19.8. The lowest BCUT2D eigenvalue weighted by molar-refractivity contribution is -0.201. The average molecular weight is 612 g/mol. The molecule has 0 radical (unpaired) electrons. The van der Waals surface area contributed by atoms with E-state index in [4.69, 9.17) is 11.7 Å². The zero-order chi connectivity index (χ0) is 32.5. The smallest absolute Gasteiger partial charge is 0.370 e. The van der Waals surface area contributed by atoms with Crippen LogP contribution in [-0.2, 0) is 71.6 Å². The van der Waals surface area contributed by atoms with Crippen molar-refractivity contribution in [1.82, 2.24) is 10.1 Å². The molecular formula is C23H34N2O17. The van der Waals surface area contributed by atoms with E-state index in [2.05, 4.69) is 39.7 Å². The summed E-state index contributed by atoms with van der Waals surface area (Å²) in [5.74, 6) is -5.97. The molecule has 2 N–H and O–H groups in total. The molecule has 19 heteroatoms. The number of imide groups is 2. The zero-order valence-corrected chi connectivity index (χ0v) is 22.1. The Kier molecular flexibility index (Phi) is 24.1. The first-order valence-electron chi connectivity index (χ1n) is 11.5. The minimum absolute atomic E-state index is 0. The number of hydrogen-bond donors (Lipinski definition) is 2. The maximum atomic E-state index is 11.2. The van der Waals surface area contributed by atoms with E-state index < -0.39 is 60.7 Å². The zero-order valence-electron chi connectivity index (χ0n) is 23.1. The van der Waals surface area contributed by atoms with E-state index in [9.17, 15) is 38.4 Å². The van der Waals surface area contributed by atoms with Crippen LogP contribution >= 0.6 is 0 Å². The molecule has 2 rings (SSSR count). The van der Waals surface area contributed by atoms with Crippen LogP contribution in [0.3, 0.4) is 0 Å². The molecular weight excluding hydrogens is 576 g/mol. The van der Waals surface area contributed by atoms with Gasteiger partial charge in [-0.25, -0.2) is 19.2 Å². The van der Waals surface area contributed by atoms with E-state index in [1.54, 1.807) is 0 Å². The van der Waals surface area contributed by atoms with Gasteiger partial charge in [0.05, 0.1) is 0 Å². The highest BCUT2D eigenvalue weighted by Crippen LogP contribution is 2.12. The predicted molar refractivity (Wildman–Crippen MR) is 132 cm³/mol. The maximum absolute atomic E-state index is 11.2. The van der Waals surface area contributed by atoms with Gasteiger partial charge in [0.1, 0.15) is 28.2 Å². The number of aliphatic carboxylic acids is 1. The molecule has 2 fully saturated rings. The van der Waals surface area contributed by atoms with Crippen molar-refractivity contribution in [2.75, 3.05) is 54.2 Å². The maximum Gasteiger partial charge on any atom is 0.370 e. The van der Waals surface area contributed by atoms with Gasteiger partial charge < -0.3 is 38.4 Å². The average Bonchev–Trinajstić information content (AvgIpc) is 3.42. The van der Waals surface area contributed by atoms with E-state index in [0.717, 1.165) is 0 Å². The summed E-state index contributed by atoms with van der Waals surface area (Å²) in [5.41, 5.74) is 0. The molecule has 2 heterocycles. The lowest BCUT2D eigenvalue weighted by Crippen LogP contribution is -2.34. The van der Waals surface area contributed by atoms with Gasteiger partial charge in [0.15, 0.2) is 13.2 Å². The van der Waals surface area contributed by atoms with Crippen molar-refractivity contribution in [3.63, 3.8) is 0 Å². The number of esters is 2. The van der Waals surface area contributed by atoms with Gasteiger partial charge in [0.2, 0.25) is 0 Å². The number of carbonyl (C=O) groups is 8. The number of carboxylic acid groups (broad SMARTS) is 1. The summed E-state index contributed by atoms with van der Waals surface area (Å²) in [4.78, 5) is 89.9. The summed E-state index contributed by atoms with van der Waals surface area (Å²) < 4.78 is 32.7. The molecule has 0 saturated carbocycles. The quantitative estimate of drug-likeness (QED) is 0.0594. The molecule has 4 amide bonds. The summed E-state index contributed by atoms with van der Waals surface area (Å²) in [6, 6.07) is 0. The molecule has 2 saturated heterocycles. The Hall–Kier alpha value is -4.48. The summed E-state index contributed by atoms with van der Waals surface area (Å²) in [6.07, 6.45) is 6.05. The van der Waals surface area contributed by atoms with Crippen molar-refractivity contribution in [3.8, 4) is 12.8 Å². The van der Waals surface area contributed by atoms with Crippen molar-refractivity contribution in [3.05, 3.63) is 0 Å². The first-order valence-corrected chi connectivity index (χ1v) is 11.0. The topological polar surface area (TPSA) is 248 Å². The number of hydroxylamine groups is 4. The van der Waals surface area contributed by atoms with Gasteiger partial charge in [-0.3, -0.25) is 24.4 Å². The molecule has 0 spiro atoms. The molecule has 0 unspecified atom stereocenters. The number of terminal acetylenes is 1. The molecule has 0 aromatic rings. The van der Waals surface area contributed by atoms with Crippen molar-refractivity contribution in [2.24, 2.45) is 0 Å². The molecule has 2 aliphatic heterocycles. The number of carboxylic acids is 1. The van der Waals surface area contributed by atoms with Crippen LogP contribution in [-0.4, -0.2) is 122 Å². The number of carbonyl (C=O) groups excluding carboxylic acids is 7. The fourth-order valence-corrected chi connectivity index (χ4v) is 2.13. The van der Waals surface area contributed by atoms with E-state index in [-0.39, 0.29) is 65.0 Å². The number of ether oxygens (including phenoxy) is 6. The van der Waals surface area contributed by atoms with E-state index >= 15 is 0 Å². The number of nitrogens with zero attached hydrogens (tertiary/aromatic N) is 2. The van der Waals surface area contributed by atoms with E-state index in [1.807, 2.05) is 0 Å². The number of hydrogen-bond acceptors (Lipinski definition) is 16. The number of amides is 4. The molecule has 42 heavy (non-hydrogen) atoms. The first kappa shape index (κ1) is 39.7. The Morgan fingerprint density at radius 3 is 1.48 bits per heavy atom. The molecule has 2 aliphatic rings. The van der Waals surface area contributed by atoms with Gasteiger partial charge in [0, 0.05) is 39.9 Å². The Morgan fingerprint density at radius 1 is 0.762 bits per heavy atom. The largest absolute Gasteiger partial charge is 0.479 e. The molecule has 0 bridgehead atoms. The second kappa shape index (κ2) is 25.5. The fourth-order valence-electron chi connectivity index (χ4n) is 2.13. The third-order valence-electron chi connectivity index (χ3n) is 3.77. The monoisotopic (exact) mass is 611 g/mol. The number of rotatable bonds is 13. The predicted octanol–water partition coefficient (Wildman–Crippen LogP) is -1.60. The summed E-state index contributed by atoms with van der Waals surface area (Å²) in [7, 11) is 2.79. The van der Waals surface area contributed by atoms with Crippen molar-refractivity contribution >= 4 is 47.5 Å². The van der Waals surface area contributed by atoms with Crippen LogP contribution in [0.2, 0.25) is 0 Å². The van der Waals surface area contributed by atoms with Gasteiger partial charge in [-0.2, -0.15) is 5.06 Å². The van der Waals surface area contributed by atoms with Crippen molar-refractivity contribution in [1.29, 1.82) is 0 Å². The molecule has 238 valence electrons. The highest BCUT2D eigenvalue weighted by atomic mass is 16.7. The van der Waals surface area contributed by atoms with Gasteiger partial charge >= 0.3 is 23.9 Å². The van der Waals surface area contributed by atoms with Gasteiger partial charge in [-0.1, -0.05) is 7.43 Å². The summed E-state index contributed by atoms with van der Waals surface area (Å²) in [6.45, 7) is -2.16. The van der Waals surface area contributed by atoms with E-state index in [0.29, 0.717) is 5.06 Å². The minimum atomic E-state index is -1.20. The van der Waals surface area contributed by atoms with Crippen LogP contribution in [0.1, 0.15) is 34.5 Å². The summed E-state index contributed by atoms with van der Waals surface area (Å²) >= 11 is 0. The van der Waals surface area contributed by atoms with E-state index in [1.165, 1.54) is 20.6 Å². The normalized spacial score (nSPS) is 13.4. The summed E-state index contributed by atoms with van der Waals surface area (Å²) in [5, 5.41) is 17.0. The molecule has 0 aromatic heterocycles. The lowest BCUT2D eigenvalue weighted by atomic mass is 10.4. The Bertz CT molecular complexity index is 949. The van der Waals surface area contributed by atoms with Crippen molar-refractivity contribution in [2.45, 2.75) is 33.1 Å². The minimum Gasteiger partial charge on any atom is -0.479 e. The second-order valence-corrected chi connectivity index (χ2v) is 6.87. The highest BCUT2D eigenvalue weighted by Gasteiger charge is 2.33. The molecule has 0 aliphatic carbocycles. The van der Waals surface area contributed by atoms with Crippen LogP contribution in [0.5, 0.6) is 0 Å². The molecule has 0 aromatic carbocycles. The lowest BCUT2D eigenvalue weighted by Gasteiger charge is -2.12. The molecule has 0 atom stereocenters. The SMILES string of the molecule is C.COCOCC(=O)OCC(=O)O.COCOCC(=O)OCC(=O)ON1C(=O)CCC1=O.O=C1CCC(=O)N1O.[2H]C#C. The third kappa shape index (κ3) is 20.4. The van der Waals surface area contributed by atoms with Crippen molar-refractivity contribution < 1.29 is 83.3 Å². The number of methoxy groups -OCH3 is 2. The second-order valence-electron chi connectivity index (χ2n) is 6.87. The highest BCUT2D eigenvalue weighted by molar-refractivity contribution is 6.01. The van der Waals surface area contributed by atoms with Crippen LogP contribution in [0.4, 0.5) is 0 Å². The van der Waals surface area contributed by atoms with Gasteiger partial charge in [0.25, 0.3) is 23.6 Å². The van der Waals surface area contributed by atoms with Gasteiger partial charge in [-0.05, 0) is 0 Å². The van der Waals surface area contributed by atoms with Crippen LogP contribution in [0.25, 0.3) is 0 Å². The Morgan fingerprint density at radius 2 is 1.14 bits per heavy atom. The Balaban J connectivity index is -0.000000570. The standard InChI is InChI=1S/C10H13NO8.C6H10O6.C4H5NO3.C2H2.CH4/c1-16-6-17-4-9(14)18-5-10(15)19-11-7(12)2-3-8(11)13;1-10-4-11-3-6(9)12-2-5(7)8;6-3-1-2-4(7)5(3)8;1-2;/h2-6H2,1H3;2-4H2,1H3,(H,7,8);8H,1-2H2;1-2H;1H4/i;;;1D;. The van der Waals surface area contributed by atoms with Crippen LogP contribution in [0, 0.1) is 12.8 Å². The van der Waals surface area contributed by atoms with Crippen LogP contribution in [0.15, 0.2) is 0 Å². The Labute approximate surface area is 241 Å². The molecule has 19 nitrogen and oxygen atoms in total. The third-order valence-corrected chi connectivity index (χ3v) is 3.77. The van der Waals surface area contributed by atoms with Gasteiger partial charge in [-0.15, -0.1) is 17.9 Å².